The maximum atomic E-state index is 12.2. The summed E-state index contributed by atoms with van der Waals surface area (Å²) in [7, 11) is -3.76. The van der Waals surface area contributed by atoms with Gasteiger partial charge in [-0.25, -0.2) is 13.6 Å². The predicted octanol–water partition coefficient (Wildman–Crippen LogP) is 2.94. The Labute approximate surface area is 164 Å². The third-order valence-electron chi connectivity index (χ3n) is 4.04. The van der Waals surface area contributed by atoms with Gasteiger partial charge in [0.15, 0.2) is 6.61 Å². The number of ether oxygens (including phenoxy) is 1. The van der Waals surface area contributed by atoms with E-state index < -0.39 is 10.0 Å². The van der Waals surface area contributed by atoms with Gasteiger partial charge < -0.3 is 10.1 Å². The minimum Gasteiger partial charge on any atom is -0.483 e. The van der Waals surface area contributed by atoms with E-state index in [2.05, 4.69) is 5.32 Å². The fourth-order valence-corrected chi connectivity index (χ4v) is 3.19. The Morgan fingerprint density at radius 2 is 1.54 bits per heavy atom. The van der Waals surface area contributed by atoms with Crippen LogP contribution in [0.25, 0.3) is 0 Å². The van der Waals surface area contributed by atoms with Crippen molar-refractivity contribution >= 4 is 21.6 Å². The fourth-order valence-electron chi connectivity index (χ4n) is 2.67. The zero-order chi connectivity index (χ0) is 20.0. The zero-order valence-electron chi connectivity index (χ0n) is 15.0. The molecule has 0 aliphatic carbocycles. The molecule has 0 spiro atoms. The van der Waals surface area contributed by atoms with Crippen LogP contribution in [0.15, 0.2) is 83.8 Å². The molecule has 0 fully saturated rings. The van der Waals surface area contributed by atoms with E-state index in [1.165, 1.54) is 24.3 Å². The second-order valence-corrected chi connectivity index (χ2v) is 7.74. The quantitative estimate of drug-likeness (QED) is 0.641. The lowest BCUT2D eigenvalue weighted by atomic mass is 10.0. The van der Waals surface area contributed by atoms with Crippen molar-refractivity contribution in [3.05, 3.63) is 90.0 Å². The number of sulfonamides is 1. The Morgan fingerprint density at radius 3 is 2.21 bits per heavy atom. The van der Waals surface area contributed by atoms with Gasteiger partial charge in [-0.15, -0.1) is 0 Å². The first-order chi connectivity index (χ1) is 13.4. The van der Waals surface area contributed by atoms with E-state index in [4.69, 9.17) is 9.88 Å². The molecule has 0 atom stereocenters. The van der Waals surface area contributed by atoms with Crippen molar-refractivity contribution in [1.82, 2.24) is 0 Å². The van der Waals surface area contributed by atoms with Gasteiger partial charge >= 0.3 is 0 Å². The Bertz CT molecular complexity index is 1050. The number of nitrogens with one attached hydrogen (secondary N) is 1. The number of hydrogen-bond donors (Lipinski definition) is 2. The van der Waals surface area contributed by atoms with Crippen molar-refractivity contribution in [2.24, 2.45) is 5.14 Å². The van der Waals surface area contributed by atoms with Crippen molar-refractivity contribution in [2.45, 2.75) is 11.3 Å². The highest BCUT2D eigenvalue weighted by Gasteiger charge is 2.10. The molecule has 7 heteroatoms. The van der Waals surface area contributed by atoms with Gasteiger partial charge in [0, 0.05) is 12.1 Å². The highest BCUT2D eigenvalue weighted by Crippen LogP contribution is 2.21. The van der Waals surface area contributed by atoms with Crippen LogP contribution in [0.3, 0.4) is 0 Å². The summed E-state index contributed by atoms with van der Waals surface area (Å²) in [5, 5.41) is 7.71. The fraction of sp³-hybridized carbons (Fsp3) is 0.0952. The van der Waals surface area contributed by atoms with Crippen LogP contribution in [0.2, 0.25) is 0 Å². The van der Waals surface area contributed by atoms with Crippen LogP contribution < -0.4 is 15.2 Å². The van der Waals surface area contributed by atoms with Crippen molar-refractivity contribution in [3.8, 4) is 5.75 Å². The number of rotatable bonds is 7. The smallest absolute Gasteiger partial charge is 0.262 e. The lowest BCUT2D eigenvalue weighted by Gasteiger charge is -2.12. The van der Waals surface area contributed by atoms with Crippen LogP contribution in [0.1, 0.15) is 11.1 Å². The number of nitrogens with two attached hydrogens (primary N) is 1. The van der Waals surface area contributed by atoms with Gasteiger partial charge in [-0.3, -0.25) is 4.79 Å². The molecule has 28 heavy (non-hydrogen) atoms. The normalized spacial score (nSPS) is 11.0. The summed E-state index contributed by atoms with van der Waals surface area (Å²) in [6.07, 6.45) is 0.702. The first-order valence-corrected chi connectivity index (χ1v) is 10.1. The lowest BCUT2D eigenvalue weighted by molar-refractivity contribution is -0.118. The molecule has 3 rings (SSSR count). The molecule has 0 saturated heterocycles. The standard InChI is InChI=1S/C21H20N2O4S/c22-28(25,26)19-12-10-18(11-13-19)23-21(24)15-27-20-9-5-4-8-17(20)14-16-6-2-1-3-7-16/h1-13H,14-15H2,(H,23,24)(H2,22,25,26). The molecule has 3 aromatic rings. The zero-order valence-corrected chi connectivity index (χ0v) is 15.9. The average Bonchev–Trinajstić information content (AvgIpc) is 2.68. The molecule has 0 aromatic heterocycles. The molecule has 6 nitrogen and oxygen atoms in total. The third kappa shape index (κ3) is 5.42. The molecule has 0 radical (unpaired) electrons. The summed E-state index contributed by atoms with van der Waals surface area (Å²) in [5.74, 6) is 0.295. The van der Waals surface area contributed by atoms with Crippen LogP contribution >= 0.6 is 0 Å². The molecule has 3 N–H and O–H groups in total. The Balaban J connectivity index is 1.60. The van der Waals surface area contributed by atoms with Crippen LogP contribution in [-0.2, 0) is 21.2 Å². The van der Waals surface area contributed by atoms with Crippen molar-refractivity contribution in [2.75, 3.05) is 11.9 Å². The van der Waals surface area contributed by atoms with Crippen molar-refractivity contribution in [1.29, 1.82) is 0 Å². The van der Waals surface area contributed by atoms with Crippen LogP contribution in [0.5, 0.6) is 5.75 Å². The molecule has 144 valence electrons. The van der Waals surface area contributed by atoms with Crippen LogP contribution in [0, 0.1) is 0 Å². The summed E-state index contributed by atoms with van der Waals surface area (Å²) in [6.45, 7) is -0.164. The lowest BCUT2D eigenvalue weighted by Crippen LogP contribution is -2.20. The molecule has 1 amide bonds. The Morgan fingerprint density at radius 1 is 0.893 bits per heavy atom. The third-order valence-corrected chi connectivity index (χ3v) is 4.96. The molecule has 0 bridgehead atoms. The van der Waals surface area contributed by atoms with E-state index in [0.717, 1.165) is 11.1 Å². The number of carbonyl (C=O) groups is 1. The first-order valence-electron chi connectivity index (χ1n) is 8.59. The van der Waals surface area contributed by atoms with Crippen LogP contribution in [-0.4, -0.2) is 20.9 Å². The SMILES string of the molecule is NS(=O)(=O)c1ccc(NC(=O)COc2ccccc2Cc2ccccc2)cc1. The highest BCUT2D eigenvalue weighted by molar-refractivity contribution is 7.89. The van der Waals surface area contributed by atoms with Gasteiger partial charge in [0.05, 0.1) is 4.90 Å². The van der Waals surface area contributed by atoms with Crippen molar-refractivity contribution in [3.63, 3.8) is 0 Å². The summed E-state index contributed by atoms with van der Waals surface area (Å²) in [5.41, 5.74) is 2.59. The highest BCUT2D eigenvalue weighted by atomic mass is 32.2. The minimum atomic E-state index is -3.76. The molecule has 0 heterocycles. The second kappa shape index (κ2) is 8.69. The number of para-hydroxylation sites is 1. The molecule has 3 aromatic carbocycles. The van der Waals surface area contributed by atoms with E-state index in [1.807, 2.05) is 54.6 Å². The number of amides is 1. The van der Waals surface area contributed by atoms with Gasteiger partial charge in [0.2, 0.25) is 10.0 Å². The Kier molecular flexibility index (Phi) is 6.08. The van der Waals surface area contributed by atoms with Crippen LogP contribution in [0.4, 0.5) is 5.69 Å². The van der Waals surface area contributed by atoms with Crippen molar-refractivity contribution < 1.29 is 17.9 Å². The number of carbonyl (C=O) groups excluding carboxylic acids is 1. The summed E-state index contributed by atoms with van der Waals surface area (Å²) in [6, 6.07) is 23.2. The first kappa shape index (κ1) is 19.6. The number of anilines is 1. The van der Waals surface area contributed by atoms with E-state index in [1.54, 1.807) is 0 Å². The topological polar surface area (TPSA) is 98.5 Å². The van der Waals surface area contributed by atoms with Gasteiger partial charge in [0.1, 0.15) is 5.75 Å². The number of primary sulfonamides is 1. The van der Waals surface area contributed by atoms with Gasteiger partial charge in [-0.1, -0.05) is 48.5 Å². The second-order valence-electron chi connectivity index (χ2n) is 6.18. The van der Waals surface area contributed by atoms with E-state index in [0.29, 0.717) is 17.9 Å². The van der Waals surface area contributed by atoms with Gasteiger partial charge in [-0.05, 0) is 41.5 Å². The number of benzene rings is 3. The predicted molar refractivity (Wildman–Crippen MR) is 108 cm³/mol. The summed E-state index contributed by atoms with van der Waals surface area (Å²) in [4.78, 5) is 12.1. The van der Waals surface area contributed by atoms with Gasteiger partial charge in [0.25, 0.3) is 5.91 Å². The maximum Gasteiger partial charge on any atom is 0.262 e. The molecule has 0 saturated carbocycles. The van der Waals surface area contributed by atoms with Gasteiger partial charge in [-0.2, -0.15) is 0 Å². The molecule has 0 aliphatic heterocycles. The monoisotopic (exact) mass is 396 g/mol. The molecule has 0 unspecified atom stereocenters. The molecular weight excluding hydrogens is 376 g/mol. The maximum absolute atomic E-state index is 12.2. The summed E-state index contributed by atoms with van der Waals surface area (Å²) >= 11 is 0. The molecule has 0 aliphatic rings. The largest absolute Gasteiger partial charge is 0.483 e. The number of hydrogen-bond acceptors (Lipinski definition) is 4. The Hall–Kier alpha value is -3.16. The van der Waals surface area contributed by atoms with E-state index in [9.17, 15) is 13.2 Å². The molecular formula is C21H20N2O4S. The minimum absolute atomic E-state index is 0.0170. The average molecular weight is 396 g/mol. The summed E-state index contributed by atoms with van der Waals surface area (Å²) < 4.78 is 28.2. The van der Waals surface area contributed by atoms with E-state index in [-0.39, 0.29) is 17.4 Å². The van der Waals surface area contributed by atoms with E-state index >= 15 is 0 Å².